The molecule has 0 radical (unpaired) electrons. The van der Waals surface area contributed by atoms with Gasteiger partial charge >= 0.3 is 0 Å². The van der Waals surface area contributed by atoms with Crippen molar-refractivity contribution in [3.63, 3.8) is 0 Å². The van der Waals surface area contributed by atoms with Crippen LogP contribution in [0.25, 0.3) is 0 Å². The Labute approximate surface area is 160 Å². The summed E-state index contributed by atoms with van der Waals surface area (Å²) in [7, 11) is 0. The second kappa shape index (κ2) is 7.25. The molecule has 0 aromatic heterocycles. The molecule has 0 unspecified atom stereocenters. The van der Waals surface area contributed by atoms with E-state index >= 15 is 0 Å². The quantitative estimate of drug-likeness (QED) is 0.433. The minimum atomic E-state index is -0.473. The van der Waals surface area contributed by atoms with Gasteiger partial charge in [0.2, 0.25) is 5.96 Å². The van der Waals surface area contributed by atoms with Crippen LogP contribution in [0.2, 0.25) is 0 Å². The summed E-state index contributed by atoms with van der Waals surface area (Å²) >= 11 is 0. The molecule has 7 nitrogen and oxygen atoms in total. The first-order valence-corrected chi connectivity index (χ1v) is 8.11. The molecule has 2 aromatic rings. The number of hydrogen-bond donors (Lipinski definition) is 0. The van der Waals surface area contributed by atoms with Crippen molar-refractivity contribution in [1.82, 2.24) is 0 Å². The molecule has 0 N–H and O–H groups in total. The van der Waals surface area contributed by atoms with Crippen LogP contribution < -0.4 is 9.80 Å². The number of non-ortho nitro benzene ring substituents is 1. The first-order chi connectivity index (χ1) is 12.1. The molecule has 2 aliphatic rings. The van der Waals surface area contributed by atoms with E-state index in [1.54, 1.807) is 0 Å². The molecular weight excluding hydrogens is 400 g/mol. The second-order valence-corrected chi connectivity index (χ2v) is 5.99. The number of benzene rings is 2. The topological polar surface area (TPSA) is 79.0 Å². The van der Waals surface area contributed by atoms with Gasteiger partial charge in [0, 0.05) is 30.8 Å². The summed E-state index contributed by atoms with van der Waals surface area (Å²) < 4.78 is 0. The fraction of sp³-hybridized carbons (Fsp3) is 0.222. The number of ketones is 1. The number of nitro groups is 1. The normalized spacial score (nSPS) is 14.8. The van der Waals surface area contributed by atoms with E-state index in [-0.39, 0.29) is 35.0 Å². The molecule has 0 atom stereocenters. The lowest BCUT2D eigenvalue weighted by Gasteiger charge is -2.26. The first kappa shape index (κ1) is 18.1. The Hall–Kier alpha value is -2.74. The predicted molar refractivity (Wildman–Crippen MR) is 106 cm³/mol. The van der Waals surface area contributed by atoms with Crippen LogP contribution in [-0.2, 0) is 0 Å². The summed E-state index contributed by atoms with van der Waals surface area (Å²) in [5, 5.41) is 10.7. The zero-order valence-electron chi connectivity index (χ0n) is 13.9. The molecule has 4 rings (SSSR count). The van der Waals surface area contributed by atoms with Crippen LogP contribution in [0, 0.1) is 10.1 Å². The van der Waals surface area contributed by atoms with E-state index in [0.717, 1.165) is 36.8 Å². The number of nitro benzene ring substituents is 1. The van der Waals surface area contributed by atoms with Crippen molar-refractivity contribution < 1.29 is 9.72 Å². The van der Waals surface area contributed by atoms with E-state index in [0.29, 0.717) is 5.56 Å². The lowest BCUT2D eigenvalue weighted by atomic mass is 10.1. The Morgan fingerprint density at radius 3 is 2.50 bits per heavy atom. The van der Waals surface area contributed by atoms with Gasteiger partial charge in [0.15, 0.2) is 5.78 Å². The van der Waals surface area contributed by atoms with Gasteiger partial charge in [-0.15, -0.1) is 17.0 Å². The van der Waals surface area contributed by atoms with Gasteiger partial charge in [0.25, 0.3) is 5.69 Å². The predicted octanol–water partition coefficient (Wildman–Crippen LogP) is 3.44. The van der Waals surface area contributed by atoms with E-state index in [1.807, 2.05) is 29.2 Å². The average Bonchev–Trinajstić information content (AvgIpc) is 2.96. The number of carbonyl (C=O) groups excluding carboxylic acids is 1. The molecular formula is C18H17BrN4O3. The van der Waals surface area contributed by atoms with Crippen molar-refractivity contribution in [3.05, 3.63) is 64.2 Å². The van der Waals surface area contributed by atoms with Gasteiger partial charge in [-0.3, -0.25) is 19.9 Å². The lowest BCUT2D eigenvalue weighted by Crippen LogP contribution is -2.43. The molecule has 134 valence electrons. The van der Waals surface area contributed by atoms with Crippen molar-refractivity contribution in [2.24, 2.45) is 4.99 Å². The van der Waals surface area contributed by atoms with Gasteiger partial charge < -0.3 is 9.80 Å². The Balaban J connectivity index is 0.00000196. The van der Waals surface area contributed by atoms with Crippen molar-refractivity contribution in [1.29, 1.82) is 0 Å². The second-order valence-electron chi connectivity index (χ2n) is 5.99. The van der Waals surface area contributed by atoms with Crippen molar-refractivity contribution in [2.45, 2.75) is 6.42 Å². The number of aliphatic imine (C=N–C) groups is 1. The third kappa shape index (κ3) is 3.08. The number of rotatable bonds is 4. The van der Waals surface area contributed by atoms with E-state index in [1.165, 1.54) is 24.3 Å². The number of halogens is 1. The molecule has 0 aliphatic carbocycles. The van der Waals surface area contributed by atoms with E-state index < -0.39 is 4.92 Å². The van der Waals surface area contributed by atoms with Crippen LogP contribution in [0.1, 0.15) is 16.8 Å². The molecule has 2 heterocycles. The molecule has 2 aromatic carbocycles. The van der Waals surface area contributed by atoms with Gasteiger partial charge in [-0.2, -0.15) is 0 Å². The molecule has 8 heteroatoms. The number of para-hydroxylation sites is 2. The Morgan fingerprint density at radius 1 is 1.12 bits per heavy atom. The van der Waals surface area contributed by atoms with Crippen LogP contribution in [0.5, 0.6) is 0 Å². The number of hydrogen-bond acceptors (Lipinski definition) is 6. The van der Waals surface area contributed by atoms with Gasteiger partial charge in [0.1, 0.15) is 0 Å². The van der Waals surface area contributed by atoms with Crippen LogP contribution >= 0.6 is 17.0 Å². The molecule has 0 fully saturated rings. The standard InChI is InChI=1S/C18H16N4O3.BrH/c23-17(13-6-8-14(9-7-13)22(24)25)12-21-16-5-2-1-4-15(16)20-11-3-10-19-18(20)21;/h1-2,4-9H,3,10-12H2;1H. The number of carbonyl (C=O) groups is 1. The smallest absolute Gasteiger partial charge is 0.269 e. The van der Waals surface area contributed by atoms with Gasteiger partial charge in [-0.25, -0.2) is 0 Å². The number of guanidine groups is 1. The highest BCUT2D eigenvalue weighted by molar-refractivity contribution is 8.93. The summed E-state index contributed by atoms with van der Waals surface area (Å²) in [4.78, 5) is 31.6. The fourth-order valence-electron chi connectivity index (χ4n) is 3.24. The molecule has 26 heavy (non-hydrogen) atoms. The molecule has 2 aliphatic heterocycles. The number of nitrogens with zero attached hydrogens (tertiary/aromatic N) is 4. The SMILES string of the molecule is Br.O=C(CN1C2=NCCCN2c2ccccc21)c1ccc([N+](=O)[O-])cc1. The Morgan fingerprint density at radius 2 is 1.81 bits per heavy atom. The summed E-state index contributed by atoms with van der Waals surface area (Å²) in [6.45, 7) is 1.80. The number of Topliss-reactive ketones (excluding diaryl/α,β-unsaturated/α-hetero) is 1. The zero-order valence-corrected chi connectivity index (χ0v) is 15.6. The maximum atomic E-state index is 12.7. The summed E-state index contributed by atoms with van der Waals surface area (Å²) in [6.07, 6.45) is 0.988. The van der Waals surface area contributed by atoms with E-state index in [9.17, 15) is 14.9 Å². The molecule has 0 bridgehead atoms. The highest BCUT2D eigenvalue weighted by Crippen LogP contribution is 2.38. The number of anilines is 2. The maximum Gasteiger partial charge on any atom is 0.269 e. The molecule has 0 saturated heterocycles. The summed E-state index contributed by atoms with van der Waals surface area (Å²) in [5.74, 6) is 0.711. The third-order valence-electron chi connectivity index (χ3n) is 4.44. The van der Waals surface area contributed by atoms with Crippen LogP contribution in [0.4, 0.5) is 17.1 Å². The average molecular weight is 417 g/mol. The number of fused-ring (bicyclic) bond motifs is 3. The largest absolute Gasteiger partial charge is 0.310 e. The van der Waals surface area contributed by atoms with E-state index in [2.05, 4.69) is 9.89 Å². The lowest BCUT2D eigenvalue weighted by molar-refractivity contribution is -0.384. The van der Waals surface area contributed by atoms with Crippen molar-refractivity contribution >= 4 is 45.8 Å². The highest BCUT2D eigenvalue weighted by atomic mass is 79.9. The van der Waals surface area contributed by atoms with Crippen LogP contribution in [0.15, 0.2) is 53.5 Å². The van der Waals surface area contributed by atoms with E-state index in [4.69, 9.17) is 0 Å². The van der Waals surface area contributed by atoms with Crippen molar-refractivity contribution in [2.75, 3.05) is 29.4 Å². The Kier molecular flexibility index (Phi) is 5.03. The minimum absolute atomic E-state index is 0. The minimum Gasteiger partial charge on any atom is -0.310 e. The van der Waals surface area contributed by atoms with Gasteiger partial charge in [-0.1, -0.05) is 12.1 Å². The summed E-state index contributed by atoms with van der Waals surface area (Å²) in [6, 6.07) is 13.7. The molecule has 0 spiro atoms. The van der Waals surface area contributed by atoms with Gasteiger partial charge in [-0.05, 0) is 30.7 Å². The van der Waals surface area contributed by atoms with Crippen molar-refractivity contribution in [3.8, 4) is 0 Å². The fourth-order valence-corrected chi connectivity index (χ4v) is 3.24. The molecule has 0 saturated carbocycles. The highest BCUT2D eigenvalue weighted by Gasteiger charge is 2.34. The van der Waals surface area contributed by atoms with Crippen LogP contribution in [0.3, 0.4) is 0 Å². The monoisotopic (exact) mass is 416 g/mol. The maximum absolute atomic E-state index is 12.7. The Bertz CT molecular complexity index is 882. The van der Waals surface area contributed by atoms with Gasteiger partial charge in [0.05, 0.1) is 22.8 Å². The first-order valence-electron chi connectivity index (χ1n) is 8.11. The third-order valence-corrected chi connectivity index (χ3v) is 4.44. The zero-order chi connectivity index (χ0) is 17.4. The van der Waals surface area contributed by atoms with Crippen LogP contribution in [-0.4, -0.2) is 36.3 Å². The summed E-state index contributed by atoms with van der Waals surface area (Å²) in [5.41, 5.74) is 2.47. The molecule has 0 amide bonds.